The lowest BCUT2D eigenvalue weighted by Gasteiger charge is -2.09. The normalized spacial score (nSPS) is 14.3. The van der Waals surface area contributed by atoms with Gasteiger partial charge in [-0.3, -0.25) is 14.4 Å². The summed E-state index contributed by atoms with van der Waals surface area (Å²) in [6.07, 6.45) is 1.96. The maximum Gasteiger partial charge on any atom is 0.248 e. The second-order valence-electron chi connectivity index (χ2n) is 7.57. The molecule has 1 aliphatic carbocycles. The van der Waals surface area contributed by atoms with Gasteiger partial charge in [-0.1, -0.05) is 12.1 Å². The Bertz CT molecular complexity index is 1170. The Morgan fingerprint density at radius 1 is 1.23 bits per heavy atom. The van der Waals surface area contributed by atoms with E-state index in [2.05, 4.69) is 15.6 Å². The summed E-state index contributed by atoms with van der Waals surface area (Å²) in [6, 6.07) is 9.61. The molecule has 7 nitrogen and oxygen atoms in total. The molecule has 3 aromatic rings. The first-order valence-electron chi connectivity index (χ1n) is 9.89. The molecule has 1 heterocycles. The van der Waals surface area contributed by atoms with Crippen LogP contribution in [0.15, 0.2) is 36.4 Å². The zero-order chi connectivity index (χ0) is 22.1. The van der Waals surface area contributed by atoms with Crippen LogP contribution in [-0.2, 0) is 9.59 Å². The molecule has 1 unspecified atom stereocenters. The van der Waals surface area contributed by atoms with Gasteiger partial charge in [0.25, 0.3) is 0 Å². The molecule has 0 radical (unpaired) electrons. The average Bonchev–Trinajstić information content (AvgIpc) is 3.47. The van der Waals surface area contributed by atoms with Crippen molar-refractivity contribution in [1.29, 1.82) is 0 Å². The highest BCUT2D eigenvalue weighted by Gasteiger charge is 2.24. The van der Waals surface area contributed by atoms with Crippen molar-refractivity contribution in [3.8, 4) is 11.1 Å². The number of benzene rings is 2. The van der Waals surface area contributed by atoms with Crippen molar-refractivity contribution in [2.75, 3.05) is 6.54 Å². The van der Waals surface area contributed by atoms with Crippen LogP contribution in [0, 0.1) is 5.82 Å². The first-order chi connectivity index (χ1) is 14.8. The van der Waals surface area contributed by atoms with Crippen molar-refractivity contribution in [3.63, 3.8) is 0 Å². The number of carbonyl (C=O) groups excluding carboxylic acids is 3. The third-order valence-electron chi connectivity index (χ3n) is 5.10. The SMILES string of the molecule is CC(C(=O)NCC(=O)NC1CC1)c1nc2cc(F)c(-c3ccc(C(N)=O)cc3)cc2s1. The maximum absolute atomic E-state index is 14.7. The average molecular weight is 441 g/mol. The van der Waals surface area contributed by atoms with E-state index in [9.17, 15) is 18.8 Å². The minimum absolute atomic E-state index is 0.0787. The molecule has 1 aromatic heterocycles. The minimum Gasteiger partial charge on any atom is -0.366 e. The second kappa shape index (κ2) is 8.43. The van der Waals surface area contributed by atoms with Crippen LogP contribution in [0.1, 0.15) is 41.0 Å². The topological polar surface area (TPSA) is 114 Å². The van der Waals surface area contributed by atoms with Crippen molar-refractivity contribution in [2.45, 2.75) is 31.7 Å². The predicted molar refractivity (Wildman–Crippen MR) is 116 cm³/mol. The summed E-state index contributed by atoms with van der Waals surface area (Å²) in [4.78, 5) is 39.8. The summed E-state index contributed by atoms with van der Waals surface area (Å²) in [5.41, 5.74) is 7.02. The first-order valence-corrected chi connectivity index (χ1v) is 10.7. The number of nitrogens with one attached hydrogen (secondary N) is 2. The van der Waals surface area contributed by atoms with Crippen molar-refractivity contribution in [1.82, 2.24) is 15.6 Å². The number of fused-ring (bicyclic) bond motifs is 1. The number of carbonyl (C=O) groups is 3. The van der Waals surface area contributed by atoms with Gasteiger partial charge < -0.3 is 16.4 Å². The zero-order valence-electron chi connectivity index (χ0n) is 16.8. The third kappa shape index (κ3) is 4.72. The zero-order valence-corrected chi connectivity index (χ0v) is 17.6. The minimum atomic E-state index is -0.576. The van der Waals surface area contributed by atoms with Crippen LogP contribution < -0.4 is 16.4 Å². The molecule has 0 spiro atoms. The first kappa shape index (κ1) is 20.9. The maximum atomic E-state index is 14.7. The van der Waals surface area contributed by atoms with E-state index in [1.807, 2.05) is 0 Å². The summed E-state index contributed by atoms with van der Waals surface area (Å²) in [7, 11) is 0. The Morgan fingerprint density at radius 3 is 2.58 bits per heavy atom. The van der Waals surface area contributed by atoms with Crippen LogP contribution in [0.25, 0.3) is 21.3 Å². The highest BCUT2D eigenvalue weighted by molar-refractivity contribution is 7.18. The van der Waals surface area contributed by atoms with Gasteiger partial charge in [-0.25, -0.2) is 9.37 Å². The van der Waals surface area contributed by atoms with Crippen molar-refractivity contribution in [3.05, 3.63) is 52.8 Å². The molecule has 9 heteroatoms. The number of aromatic nitrogens is 1. The molecule has 1 fully saturated rings. The monoisotopic (exact) mass is 440 g/mol. The van der Waals surface area contributed by atoms with Crippen molar-refractivity contribution in [2.24, 2.45) is 5.73 Å². The Labute approximate surface area is 181 Å². The van der Waals surface area contributed by atoms with E-state index in [4.69, 9.17) is 5.73 Å². The van der Waals surface area contributed by atoms with Crippen molar-refractivity contribution >= 4 is 39.3 Å². The Kier molecular flexibility index (Phi) is 5.69. The lowest BCUT2D eigenvalue weighted by atomic mass is 10.0. The van der Waals surface area contributed by atoms with Gasteiger partial charge in [0.05, 0.1) is 22.7 Å². The molecule has 4 N–H and O–H groups in total. The fraction of sp³-hybridized carbons (Fsp3) is 0.273. The van der Waals surface area contributed by atoms with E-state index < -0.39 is 17.6 Å². The second-order valence-corrected chi connectivity index (χ2v) is 8.64. The Balaban J connectivity index is 1.51. The summed E-state index contributed by atoms with van der Waals surface area (Å²) in [6.45, 7) is 1.62. The van der Waals surface area contributed by atoms with Gasteiger partial charge in [-0.2, -0.15) is 0 Å². The van der Waals surface area contributed by atoms with Gasteiger partial charge in [-0.15, -0.1) is 11.3 Å². The highest BCUT2D eigenvalue weighted by Crippen LogP contribution is 2.33. The van der Waals surface area contributed by atoms with Crippen molar-refractivity contribution < 1.29 is 18.8 Å². The van der Waals surface area contributed by atoms with Gasteiger partial charge in [0, 0.05) is 23.2 Å². The fourth-order valence-corrected chi connectivity index (χ4v) is 4.16. The number of primary amides is 1. The molecule has 0 aliphatic heterocycles. The molecule has 31 heavy (non-hydrogen) atoms. The molecular formula is C22H21FN4O3S. The number of rotatable bonds is 7. The molecule has 0 saturated heterocycles. The van der Waals surface area contributed by atoms with Gasteiger partial charge in [-0.05, 0) is 43.5 Å². The van der Waals surface area contributed by atoms with E-state index >= 15 is 0 Å². The Morgan fingerprint density at radius 2 is 1.94 bits per heavy atom. The summed E-state index contributed by atoms with van der Waals surface area (Å²) in [5, 5.41) is 5.98. The molecule has 1 atom stereocenters. The largest absolute Gasteiger partial charge is 0.366 e. The van der Waals surface area contributed by atoms with E-state index in [1.54, 1.807) is 37.3 Å². The van der Waals surface area contributed by atoms with Crippen LogP contribution in [0.2, 0.25) is 0 Å². The lowest BCUT2D eigenvalue weighted by Crippen LogP contribution is -2.39. The molecular weight excluding hydrogens is 419 g/mol. The highest BCUT2D eigenvalue weighted by atomic mass is 32.1. The van der Waals surface area contributed by atoms with Crippen LogP contribution in [0.5, 0.6) is 0 Å². The third-order valence-corrected chi connectivity index (χ3v) is 6.30. The number of halogens is 1. The summed E-state index contributed by atoms with van der Waals surface area (Å²) in [5.74, 6) is -2.10. The quantitative estimate of drug-likeness (QED) is 0.524. The van der Waals surface area contributed by atoms with Crippen LogP contribution in [0.4, 0.5) is 4.39 Å². The summed E-state index contributed by atoms with van der Waals surface area (Å²) >= 11 is 1.30. The van der Waals surface area contributed by atoms with Gasteiger partial charge >= 0.3 is 0 Å². The fourth-order valence-electron chi connectivity index (χ4n) is 3.13. The number of nitrogens with two attached hydrogens (primary N) is 1. The predicted octanol–water partition coefficient (Wildman–Crippen LogP) is 2.70. The van der Waals surface area contributed by atoms with Crippen LogP contribution in [-0.4, -0.2) is 35.3 Å². The lowest BCUT2D eigenvalue weighted by molar-refractivity contribution is -0.126. The Hall–Kier alpha value is -3.33. The number of hydrogen-bond donors (Lipinski definition) is 3. The smallest absolute Gasteiger partial charge is 0.248 e. The molecule has 4 rings (SSSR count). The van der Waals surface area contributed by atoms with Gasteiger partial charge in [0.1, 0.15) is 10.8 Å². The molecule has 160 valence electrons. The van der Waals surface area contributed by atoms with E-state index in [1.165, 1.54) is 17.4 Å². The van der Waals surface area contributed by atoms with Gasteiger partial charge in [0.15, 0.2) is 0 Å². The summed E-state index contributed by atoms with van der Waals surface area (Å²) < 4.78 is 15.4. The molecule has 1 aliphatic rings. The van der Waals surface area contributed by atoms with Crippen LogP contribution in [0.3, 0.4) is 0 Å². The number of amides is 3. The standard InChI is InChI=1S/C22H21FN4O3S/c1-11(21(30)25-10-19(28)26-14-6-7-14)22-27-17-9-16(23)15(8-18(17)31-22)12-2-4-13(5-3-12)20(24)29/h2-5,8-9,11,14H,6-7,10H2,1H3,(H2,24,29)(H,25,30)(H,26,28). The number of hydrogen-bond acceptors (Lipinski definition) is 5. The van der Waals surface area contributed by atoms with E-state index in [0.29, 0.717) is 27.2 Å². The molecule has 1 saturated carbocycles. The molecule has 0 bridgehead atoms. The number of thiazole rings is 1. The van der Waals surface area contributed by atoms with E-state index in [0.717, 1.165) is 17.5 Å². The number of nitrogens with zero attached hydrogens (tertiary/aromatic N) is 1. The van der Waals surface area contributed by atoms with Crippen LogP contribution >= 0.6 is 11.3 Å². The van der Waals surface area contributed by atoms with Gasteiger partial charge in [0.2, 0.25) is 17.7 Å². The molecule has 3 amide bonds. The molecule has 2 aromatic carbocycles. The van der Waals surface area contributed by atoms with E-state index in [-0.39, 0.29) is 24.4 Å².